The molecule has 0 bridgehead atoms. The molecule has 4 aliphatic rings. The normalized spacial score (nSPS) is 40.4. The summed E-state index contributed by atoms with van der Waals surface area (Å²) < 4.78 is 0. The van der Waals surface area contributed by atoms with Crippen LogP contribution in [0.1, 0.15) is 26.7 Å². The van der Waals surface area contributed by atoms with E-state index in [4.69, 9.17) is 0 Å². The zero-order valence-electron chi connectivity index (χ0n) is 16.1. The Bertz CT molecular complexity index is 682. The summed E-state index contributed by atoms with van der Waals surface area (Å²) in [5.41, 5.74) is 0.142. The molecular formula is C19H29N3O4S. The van der Waals surface area contributed by atoms with Crippen LogP contribution in [0.5, 0.6) is 0 Å². The Kier molecular flexibility index (Phi) is 5.03. The third kappa shape index (κ3) is 3.10. The smallest absolute Gasteiger partial charge is 0.353 e. The Morgan fingerprint density at radius 3 is 2.74 bits per heavy atom. The third-order valence-corrected chi connectivity index (χ3v) is 8.24. The molecule has 8 heteroatoms. The summed E-state index contributed by atoms with van der Waals surface area (Å²) in [5, 5.41) is 23.7. The average Bonchev–Trinajstić information content (AvgIpc) is 3.27. The molecule has 7 atom stereocenters. The summed E-state index contributed by atoms with van der Waals surface area (Å²) in [4.78, 5) is 28.9. The summed E-state index contributed by atoms with van der Waals surface area (Å²) in [6.45, 7) is 6.74. The summed E-state index contributed by atoms with van der Waals surface area (Å²) in [7, 11) is 2.16. The van der Waals surface area contributed by atoms with Gasteiger partial charge in [0.25, 0.3) is 0 Å². The van der Waals surface area contributed by atoms with E-state index in [-0.39, 0.29) is 23.6 Å². The number of amides is 1. The van der Waals surface area contributed by atoms with Crippen LogP contribution in [0, 0.1) is 17.8 Å². The lowest BCUT2D eigenvalue weighted by atomic mass is 9.79. The number of carbonyl (C=O) groups is 2. The molecule has 7 nitrogen and oxygen atoms in total. The Hall–Kier alpha value is -1.09. The van der Waals surface area contributed by atoms with Crippen LogP contribution >= 0.6 is 11.8 Å². The number of fused-ring (bicyclic) bond motifs is 1. The predicted molar refractivity (Wildman–Crippen MR) is 103 cm³/mol. The van der Waals surface area contributed by atoms with Crippen molar-refractivity contribution < 1.29 is 19.8 Å². The maximum atomic E-state index is 12.4. The Morgan fingerprint density at radius 2 is 2.15 bits per heavy atom. The topological polar surface area (TPSA) is 93.1 Å². The number of aliphatic hydroxyl groups excluding tert-OH is 1. The number of nitrogens with one attached hydrogen (secondary N) is 1. The van der Waals surface area contributed by atoms with Gasteiger partial charge in [-0.1, -0.05) is 6.92 Å². The van der Waals surface area contributed by atoms with Crippen LogP contribution in [-0.4, -0.2) is 82.0 Å². The summed E-state index contributed by atoms with van der Waals surface area (Å²) in [6, 6.07) is 0.265. The third-order valence-electron chi connectivity index (χ3n) is 6.73. The molecule has 0 spiro atoms. The average molecular weight is 396 g/mol. The molecule has 0 radical (unpaired) electrons. The number of hydrogen-bond donors (Lipinski definition) is 3. The molecule has 0 aromatic heterocycles. The fourth-order valence-corrected chi connectivity index (χ4v) is 6.83. The highest BCUT2D eigenvalue weighted by Gasteiger charge is 2.60. The van der Waals surface area contributed by atoms with Crippen molar-refractivity contribution in [2.24, 2.45) is 17.8 Å². The van der Waals surface area contributed by atoms with Crippen LogP contribution in [0.15, 0.2) is 10.6 Å². The van der Waals surface area contributed by atoms with Crippen molar-refractivity contribution in [2.45, 2.75) is 50.1 Å². The molecular weight excluding hydrogens is 366 g/mol. The zero-order chi connectivity index (χ0) is 19.5. The number of hydrogen-bond acceptors (Lipinski definition) is 6. The second-order valence-electron chi connectivity index (χ2n) is 8.57. The van der Waals surface area contributed by atoms with E-state index in [9.17, 15) is 19.8 Å². The van der Waals surface area contributed by atoms with Gasteiger partial charge < -0.3 is 25.3 Å². The van der Waals surface area contributed by atoms with Gasteiger partial charge in [0.05, 0.1) is 18.1 Å². The minimum Gasteiger partial charge on any atom is -0.477 e. The van der Waals surface area contributed by atoms with E-state index in [0.717, 1.165) is 31.0 Å². The number of aliphatic hydroxyl groups is 1. The summed E-state index contributed by atoms with van der Waals surface area (Å²) in [6.07, 6.45) is 1.49. The van der Waals surface area contributed by atoms with Crippen molar-refractivity contribution in [2.75, 3.05) is 26.7 Å². The van der Waals surface area contributed by atoms with Gasteiger partial charge in [0.2, 0.25) is 5.91 Å². The van der Waals surface area contributed by atoms with E-state index in [1.807, 2.05) is 6.92 Å². The first kappa shape index (κ1) is 19.2. The number of rotatable bonds is 5. The number of aliphatic carboxylic acids is 1. The minimum atomic E-state index is -1.04. The van der Waals surface area contributed by atoms with Gasteiger partial charge in [-0.25, -0.2) is 4.79 Å². The molecule has 4 rings (SSSR count). The van der Waals surface area contributed by atoms with Gasteiger partial charge in [-0.3, -0.25) is 4.79 Å². The first-order valence-corrected chi connectivity index (χ1v) is 10.7. The van der Waals surface area contributed by atoms with E-state index in [0.29, 0.717) is 17.2 Å². The SMILES string of the molecule is C[C@@H](O)[C@H]1C(=O)N2C(C(=O)O)=C(S[C@@H]3CN[C@H](C4CCN(C)C4)C3)[C@H](C)[C@H]12. The Balaban J connectivity index is 1.48. The van der Waals surface area contributed by atoms with Crippen LogP contribution in [0.2, 0.25) is 0 Å². The van der Waals surface area contributed by atoms with Gasteiger partial charge in [-0.2, -0.15) is 0 Å². The van der Waals surface area contributed by atoms with Crippen molar-refractivity contribution >= 4 is 23.6 Å². The fourth-order valence-electron chi connectivity index (χ4n) is 5.34. The number of thioether (sulfide) groups is 1. The van der Waals surface area contributed by atoms with Crippen molar-refractivity contribution in [3.63, 3.8) is 0 Å². The lowest BCUT2D eigenvalue weighted by Crippen LogP contribution is -2.63. The maximum Gasteiger partial charge on any atom is 0.353 e. The van der Waals surface area contributed by atoms with E-state index >= 15 is 0 Å². The van der Waals surface area contributed by atoms with Crippen molar-refractivity contribution in [1.29, 1.82) is 0 Å². The Labute approximate surface area is 164 Å². The molecule has 3 fully saturated rings. The zero-order valence-corrected chi connectivity index (χ0v) is 16.9. The molecule has 150 valence electrons. The maximum absolute atomic E-state index is 12.4. The molecule has 0 aliphatic carbocycles. The summed E-state index contributed by atoms with van der Waals surface area (Å²) >= 11 is 1.63. The number of carboxylic acid groups (broad SMARTS) is 1. The highest BCUT2D eigenvalue weighted by Crippen LogP contribution is 2.52. The number of likely N-dealkylation sites (tertiary alicyclic amines) is 1. The van der Waals surface area contributed by atoms with Crippen LogP contribution in [-0.2, 0) is 9.59 Å². The van der Waals surface area contributed by atoms with Crippen molar-refractivity contribution in [1.82, 2.24) is 15.1 Å². The molecule has 0 aromatic rings. The second-order valence-corrected chi connectivity index (χ2v) is 9.92. The van der Waals surface area contributed by atoms with Crippen molar-refractivity contribution in [3.05, 3.63) is 10.6 Å². The molecule has 1 amide bonds. The van der Waals surface area contributed by atoms with Crippen LogP contribution < -0.4 is 5.32 Å². The van der Waals surface area contributed by atoms with Gasteiger partial charge in [-0.15, -0.1) is 11.8 Å². The number of carboxylic acids is 1. The van der Waals surface area contributed by atoms with Gasteiger partial charge >= 0.3 is 5.97 Å². The van der Waals surface area contributed by atoms with Crippen LogP contribution in [0.4, 0.5) is 0 Å². The molecule has 0 saturated carbocycles. The number of β-lactam (4-membered cyclic amide) rings is 1. The highest BCUT2D eigenvalue weighted by molar-refractivity contribution is 8.03. The molecule has 1 unspecified atom stereocenters. The second kappa shape index (κ2) is 7.06. The largest absolute Gasteiger partial charge is 0.477 e. The fraction of sp³-hybridized carbons (Fsp3) is 0.789. The summed E-state index contributed by atoms with van der Waals surface area (Å²) in [5.74, 6) is -1.17. The molecule has 0 aromatic carbocycles. The first-order valence-electron chi connectivity index (χ1n) is 9.86. The number of nitrogens with zero attached hydrogens (tertiary/aromatic N) is 2. The predicted octanol–water partition coefficient (Wildman–Crippen LogP) is 0.556. The van der Waals surface area contributed by atoms with Gasteiger partial charge in [0.1, 0.15) is 5.70 Å². The minimum absolute atomic E-state index is 0.0462. The number of carbonyl (C=O) groups excluding carboxylic acids is 1. The van der Waals surface area contributed by atoms with E-state index in [1.54, 1.807) is 18.7 Å². The van der Waals surface area contributed by atoms with E-state index in [1.165, 1.54) is 11.3 Å². The molecule has 3 N–H and O–H groups in total. The first-order chi connectivity index (χ1) is 12.8. The van der Waals surface area contributed by atoms with Crippen LogP contribution in [0.3, 0.4) is 0 Å². The quantitative estimate of drug-likeness (QED) is 0.586. The van der Waals surface area contributed by atoms with Crippen LogP contribution in [0.25, 0.3) is 0 Å². The lowest BCUT2D eigenvalue weighted by molar-refractivity contribution is -0.163. The molecule has 4 aliphatic heterocycles. The molecule has 27 heavy (non-hydrogen) atoms. The van der Waals surface area contributed by atoms with E-state index < -0.39 is 18.0 Å². The molecule has 3 saturated heterocycles. The monoisotopic (exact) mass is 395 g/mol. The van der Waals surface area contributed by atoms with Gasteiger partial charge in [0.15, 0.2) is 0 Å². The van der Waals surface area contributed by atoms with Crippen molar-refractivity contribution in [3.8, 4) is 0 Å². The standard InChI is InChI=1S/C19H29N3O4S/c1-9-15-14(10(2)23)18(24)22(15)16(19(25)26)17(9)27-12-6-13(20-7-12)11-4-5-21(3)8-11/h9-15,20,23H,4-8H2,1-3H3,(H,25,26)/t9-,10-,11?,12+,13+,14-,15-/m1/s1. The molecule has 4 heterocycles. The lowest BCUT2D eigenvalue weighted by Gasteiger charge is -2.46. The van der Waals surface area contributed by atoms with E-state index in [2.05, 4.69) is 17.3 Å². The van der Waals surface area contributed by atoms with Gasteiger partial charge in [-0.05, 0) is 39.3 Å². The highest BCUT2D eigenvalue weighted by atomic mass is 32.2. The van der Waals surface area contributed by atoms with Gasteiger partial charge in [0, 0.05) is 35.2 Å². The Morgan fingerprint density at radius 1 is 1.41 bits per heavy atom.